The van der Waals surface area contributed by atoms with Crippen molar-refractivity contribution in [3.05, 3.63) is 51.2 Å². The molecule has 0 radical (unpaired) electrons. The third kappa shape index (κ3) is 2.57. The van der Waals surface area contributed by atoms with Crippen molar-refractivity contribution in [2.75, 3.05) is 6.61 Å². The molecule has 2 aromatic rings. The Kier molecular flexibility index (Phi) is 4.04. The molecular formula is C15H18O2S. The van der Waals surface area contributed by atoms with Gasteiger partial charge >= 0.3 is 0 Å². The summed E-state index contributed by atoms with van der Waals surface area (Å²) in [5.41, 5.74) is 1.97. The number of aliphatic hydroxyl groups is 1. The first kappa shape index (κ1) is 13.1. The zero-order chi connectivity index (χ0) is 13.1. The van der Waals surface area contributed by atoms with Crippen molar-refractivity contribution < 1.29 is 9.84 Å². The summed E-state index contributed by atoms with van der Waals surface area (Å²) < 4.78 is 5.57. The van der Waals surface area contributed by atoms with E-state index in [9.17, 15) is 5.11 Å². The zero-order valence-electron chi connectivity index (χ0n) is 10.9. The SMILES string of the molecule is CCOc1ccccc1C(O)c1sc(C)cc1C. The quantitative estimate of drug-likeness (QED) is 0.907. The highest BCUT2D eigenvalue weighted by Crippen LogP contribution is 2.35. The number of hydrogen-bond acceptors (Lipinski definition) is 3. The molecular weight excluding hydrogens is 244 g/mol. The van der Waals surface area contributed by atoms with E-state index in [1.165, 1.54) is 4.88 Å². The summed E-state index contributed by atoms with van der Waals surface area (Å²) in [5.74, 6) is 0.762. The molecule has 0 saturated carbocycles. The lowest BCUT2D eigenvalue weighted by molar-refractivity contribution is 0.215. The van der Waals surface area contributed by atoms with Gasteiger partial charge in [-0.25, -0.2) is 0 Å². The van der Waals surface area contributed by atoms with Crippen molar-refractivity contribution in [1.82, 2.24) is 0 Å². The van der Waals surface area contributed by atoms with Crippen LogP contribution in [0.25, 0.3) is 0 Å². The fourth-order valence-corrected chi connectivity index (χ4v) is 3.11. The third-order valence-corrected chi connectivity index (χ3v) is 4.05. The van der Waals surface area contributed by atoms with Gasteiger partial charge in [0.05, 0.1) is 6.61 Å². The van der Waals surface area contributed by atoms with Crippen molar-refractivity contribution in [3.63, 3.8) is 0 Å². The number of rotatable bonds is 4. The van der Waals surface area contributed by atoms with Gasteiger partial charge in [-0.1, -0.05) is 18.2 Å². The Morgan fingerprint density at radius 3 is 2.61 bits per heavy atom. The van der Waals surface area contributed by atoms with Gasteiger partial charge in [-0.05, 0) is 38.5 Å². The summed E-state index contributed by atoms with van der Waals surface area (Å²) in [5, 5.41) is 10.5. The van der Waals surface area contributed by atoms with E-state index < -0.39 is 6.10 Å². The molecule has 1 aromatic carbocycles. The lowest BCUT2D eigenvalue weighted by Gasteiger charge is -2.15. The Balaban J connectivity index is 2.39. The van der Waals surface area contributed by atoms with Crippen LogP contribution in [0.4, 0.5) is 0 Å². The van der Waals surface area contributed by atoms with Crippen molar-refractivity contribution in [3.8, 4) is 5.75 Å². The Morgan fingerprint density at radius 1 is 1.28 bits per heavy atom. The molecule has 1 N–H and O–H groups in total. The van der Waals surface area contributed by atoms with Gasteiger partial charge in [0.1, 0.15) is 11.9 Å². The van der Waals surface area contributed by atoms with Crippen LogP contribution in [0.1, 0.15) is 33.9 Å². The fraction of sp³-hybridized carbons (Fsp3) is 0.333. The number of aliphatic hydroxyl groups excluding tert-OH is 1. The van der Waals surface area contributed by atoms with Crippen molar-refractivity contribution in [2.24, 2.45) is 0 Å². The number of hydrogen-bond donors (Lipinski definition) is 1. The molecule has 0 fully saturated rings. The Hall–Kier alpha value is -1.32. The Labute approximate surface area is 112 Å². The number of benzene rings is 1. The average molecular weight is 262 g/mol. The standard InChI is InChI=1S/C15H18O2S/c1-4-17-13-8-6-5-7-12(13)14(16)15-10(2)9-11(3)18-15/h5-9,14,16H,4H2,1-3H3. The summed E-state index contributed by atoms with van der Waals surface area (Å²) in [6.45, 7) is 6.64. The second kappa shape index (κ2) is 5.55. The molecule has 0 aliphatic heterocycles. The van der Waals surface area contributed by atoms with Gasteiger partial charge < -0.3 is 9.84 Å². The van der Waals surface area contributed by atoms with E-state index >= 15 is 0 Å². The van der Waals surface area contributed by atoms with Crippen LogP contribution in [0, 0.1) is 13.8 Å². The number of para-hydroxylation sites is 1. The normalized spacial score (nSPS) is 12.4. The predicted molar refractivity (Wildman–Crippen MR) is 75.5 cm³/mol. The molecule has 96 valence electrons. The highest BCUT2D eigenvalue weighted by molar-refractivity contribution is 7.12. The molecule has 0 aliphatic carbocycles. The molecule has 3 heteroatoms. The summed E-state index contributed by atoms with van der Waals surface area (Å²) in [6.07, 6.45) is -0.605. The molecule has 18 heavy (non-hydrogen) atoms. The van der Waals surface area contributed by atoms with Gasteiger partial charge in [-0.2, -0.15) is 0 Å². The largest absolute Gasteiger partial charge is 0.493 e. The van der Waals surface area contributed by atoms with E-state index in [-0.39, 0.29) is 0 Å². The van der Waals surface area contributed by atoms with Crippen LogP contribution in [0.2, 0.25) is 0 Å². The number of thiophene rings is 1. The monoisotopic (exact) mass is 262 g/mol. The van der Waals surface area contributed by atoms with Crippen molar-refractivity contribution in [2.45, 2.75) is 26.9 Å². The van der Waals surface area contributed by atoms with Crippen molar-refractivity contribution in [1.29, 1.82) is 0 Å². The first-order valence-corrected chi connectivity index (χ1v) is 6.91. The van der Waals surface area contributed by atoms with E-state index in [1.54, 1.807) is 11.3 Å². The van der Waals surface area contributed by atoms with Gasteiger partial charge in [0.2, 0.25) is 0 Å². The van der Waals surface area contributed by atoms with Crippen LogP contribution in [0.3, 0.4) is 0 Å². The minimum Gasteiger partial charge on any atom is -0.493 e. The maximum absolute atomic E-state index is 10.5. The molecule has 0 aliphatic rings. The first-order chi connectivity index (χ1) is 8.63. The van der Waals surface area contributed by atoms with Crippen molar-refractivity contribution >= 4 is 11.3 Å². The molecule has 1 heterocycles. The van der Waals surface area contributed by atoms with Gasteiger partial charge in [0, 0.05) is 15.3 Å². The second-order valence-electron chi connectivity index (χ2n) is 4.28. The molecule has 2 rings (SSSR count). The second-order valence-corrected chi connectivity index (χ2v) is 5.57. The molecule has 0 spiro atoms. The summed E-state index contributed by atoms with van der Waals surface area (Å²) in [6, 6.07) is 9.78. The number of aryl methyl sites for hydroxylation is 2. The minimum atomic E-state index is -0.605. The van der Waals surface area contributed by atoms with Crippen LogP contribution in [-0.2, 0) is 0 Å². The highest BCUT2D eigenvalue weighted by atomic mass is 32.1. The molecule has 1 unspecified atom stereocenters. The first-order valence-electron chi connectivity index (χ1n) is 6.10. The fourth-order valence-electron chi connectivity index (χ4n) is 2.07. The van der Waals surface area contributed by atoms with Gasteiger partial charge in [-0.3, -0.25) is 0 Å². The smallest absolute Gasteiger partial charge is 0.125 e. The molecule has 0 bridgehead atoms. The van der Waals surface area contributed by atoms with E-state index in [1.807, 2.05) is 38.1 Å². The Bertz CT molecular complexity index is 531. The third-order valence-electron chi connectivity index (χ3n) is 2.84. The predicted octanol–water partition coefficient (Wildman–Crippen LogP) is 3.85. The molecule has 1 aromatic heterocycles. The average Bonchev–Trinajstić information content (AvgIpc) is 2.69. The van der Waals surface area contributed by atoms with Crippen LogP contribution in [0.15, 0.2) is 30.3 Å². The van der Waals surface area contributed by atoms with Crippen LogP contribution in [0.5, 0.6) is 5.75 Å². The van der Waals surface area contributed by atoms with Gasteiger partial charge in [0.15, 0.2) is 0 Å². The van der Waals surface area contributed by atoms with Crippen LogP contribution in [-0.4, -0.2) is 11.7 Å². The van der Waals surface area contributed by atoms with Gasteiger partial charge in [-0.15, -0.1) is 11.3 Å². The van der Waals surface area contributed by atoms with E-state index in [4.69, 9.17) is 4.74 Å². The van der Waals surface area contributed by atoms with Gasteiger partial charge in [0.25, 0.3) is 0 Å². The van der Waals surface area contributed by atoms with E-state index in [0.29, 0.717) is 6.61 Å². The summed E-state index contributed by atoms with van der Waals surface area (Å²) in [7, 11) is 0. The lowest BCUT2D eigenvalue weighted by Crippen LogP contribution is -2.03. The highest BCUT2D eigenvalue weighted by Gasteiger charge is 2.18. The van der Waals surface area contributed by atoms with E-state index in [2.05, 4.69) is 13.0 Å². The Morgan fingerprint density at radius 2 is 2.00 bits per heavy atom. The topological polar surface area (TPSA) is 29.5 Å². The molecule has 1 atom stereocenters. The molecule has 0 amide bonds. The summed E-state index contributed by atoms with van der Waals surface area (Å²) in [4.78, 5) is 2.22. The summed E-state index contributed by atoms with van der Waals surface area (Å²) >= 11 is 1.64. The maximum atomic E-state index is 10.5. The minimum absolute atomic E-state index is 0.603. The van der Waals surface area contributed by atoms with E-state index in [0.717, 1.165) is 21.8 Å². The van der Waals surface area contributed by atoms with Crippen LogP contribution >= 0.6 is 11.3 Å². The molecule has 2 nitrogen and oxygen atoms in total. The van der Waals surface area contributed by atoms with Crippen LogP contribution < -0.4 is 4.74 Å². The molecule has 0 saturated heterocycles. The zero-order valence-corrected chi connectivity index (χ0v) is 11.8. The lowest BCUT2D eigenvalue weighted by atomic mass is 10.0. The maximum Gasteiger partial charge on any atom is 0.125 e. The number of ether oxygens (including phenoxy) is 1.